The van der Waals surface area contributed by atoms with Crippen molar-refractivity contribution in [3.05, 3.63) is 0 Å². The smallest absolute Gasteiger partial charge is 0.272 e. The van der Waals surface area contributed by atoms with Gasteiger partial charge in [0.05, 0.1) is 5.60 Å². The third-order valence-corrected chi connectivity index (χ3v) is 4.92. The Morgan fingerprint density at radius 3 is 2.41 bits per heavy atom. The van der Waals surface area contributed by atoms with Gasteiger partial charge in [-0.05, 0) is 13.8 Å². The third kappa shape index (κ3) is 3.60. The molecule has 1 aromatic rings. The van der Waals surface area contributed by atoms with Crippen LogP contribution in [-0.2, 0) is 10.0 Å². The molecule has 1 aromatic heterocycles. The van der Waals surface area contributed by atoms with Crippen LogP contribution >= 0.6 is 11.3 Å². The highest BCUT2D eigenvalue weighted by molar-refractivity contribution is 7.91. The van der Waals surface area contributed by atoms with Crippen LogP contribution in [0.2, 0.25) is 0 Å². The molecule has 0 bridgehead atoms. The molecule has 1 heterocycles. The van der Waals surface area contributed by atoms with Crippen LogP contribution in [-0.4, -0.2) is 46.7 Å². The Labute approximate surface area is 104 Å². The molecule has 7 nitrogen and oxygen atoms in total. The van der Waals surface area contributed by atoms with E-state index in [0.29, 0.717) is 0 Å². The summed E-state index contributed by atoms with van der Waals surface area (Å²) in [5.41, 5.74) is 4.24. The molecule has 0 aliphatic carbocycles. The number of aromatic nitrogens is 2. The lowest BCUT2D eigenvalue weighted by Gasteiger charge is -2.26. The Balaban J connectivity index is 3.03. The first kappa shape index (κ1) is 14.3. The number of aliphatic hydroxyl groups is 1. The van der Waals surface area contributed by atoms with E-state index >= 15 is 0 Å². The monoisotopic (exact) mass is 280 g/mol. The summed E-state index contributed by atoms with van der Waals surface area (Å²) in [6, 6.07) is 0. The quantitative estimate of drug-likeness (QED) is 0.779. The number of sulfonamides is 1. The molecule has 9 heteroatoms. The molecule has 1 rings (SSSR count). The Bertz CT molecular complexity index is 477. The van der Waals surface area contributed by atoms with Gasteiger partial charge < -0.3 is 10.8 Å². The molecule has 98 valence electrons. The fourth-order valence-corrected chi connectivity index (χ4v) is 3.76. The summed E-state index contributed by atoms with van der Waals surface area (Å²) in [6.07, 6.45) is 0. The van der Waals surface area contributed by atoms with Gasteiger partial charge in [-0.25, -0.2) is 8.42 Å². The highest BCUT2D eigenvalue weighted by atomic mass is 32.2. The largest absolute Gasteiger partial charge is 0.389 e. The van der Waals surface area contributed by atoms with Gasteiger partial charge in [0.25, 0.3) is 10.0 Å². The third-order valence-electron chi connectivity index (χ3n) is 1.90. The normalized spacial score (nSPS) is 13.2. The maximum Gasteiger partial charge on any atom is 0.272 e. The summed E-state index contributed by atoms with van der Waals surface area (Å²) in [5.74, 6) is 0. The van der Waals surface area contributed by atoms with Gasteiger partial charge in [-0.3, -0.25) is 0 Å². The Kier molecular flexibility index (Phi) is 4.07. The van der Waals surface area contributed by atoms with Gasteiger partial charge in [-0.2, -0.15) is 4.31 Å². The zero-order chi connectivity index (χ0) is 13.3. The summed E-state index contributed by atoms with van der Waals surface area (Å²) in [7, 11) is -3.73. The summed E-state index contributed by atoms with van der Waals surface area (Å²) < 4.78 is 25.2. The standard InChI is InChI=1S/C8H16N4O3S2/c1-4-12(5-8(2,3)13)17(14,15)7-11-10-6(9)16-7/h13H,4-5H2,1-3H3,(H2,9,10). The van der Waals surface area contributed by atoms with Crippen LogP contribution in [0.4, 0.5) is 5.13 Å². The van der Waals surface area contributed by atoms with Crippen molar-refractivity contribution in [1.82, 2.24) is 14.5 Å². The van der Waals surface area contributed by atoms with Crippen LogP contribution in [0.5, 0.6) is 0 Å². The average molecular weight is 280 g/mol. The maximum absolute atomic E-state index is 12.1. The number of anilines is 1. The first-order valence-electron chi connectivity index (χ1n) is 4.98. The van der Waals surface area contributed by atoms with E-state index in [1.54, 1.807) is 20.8 Å². The Morgan fingerprint density at radius 1 is 1.47 bits per heavy atom. The van der Waals surface area contributed by atoms with Crippen LogP contribution in [0, 0.1) is 0 Å². The van der Waals surface area contributed by atoms with Gasteiger partial charge in [-0.15, -0.1) is 10.2 Å². The highest BCUT2D eigenvalue weighted by Gasteiger charge is 2.31. The molecule has 0 aromatic carbocycles. The minimum Gasteiger partial charge on any atom is -0.389 e. The van der Waals surface area contributed by atoms with Gasteiger partial charge in [-0.1, -0.05) is 18.3 Å². The summed E-state index contributed by atoms with van der Waals surface area (Å²) in [5, 5.41) is 16.8. The van der Waals surface area contributed by atoms with Crippen LogP contribution in [0.15, 0.2) is 4.34 Å². The lowest BCUT2D eigenvalue weighted by atomic mass is 10.1. The molecule has 0 saturated heterocycles. The molecule has 0 amide bonds. The number of nitrogen functional groups attached to an aromatic ring is 1. The zero-order valence-corrected chi connectivity index (χ0v) is 11.5. The Morgan fingerprint density at radius 2 is 2.06 bits per heavy atom. The average Bonchev–Trinajstić information content (AvgIpc) is 2.60. The van der Waals surface area contributed by atoms with Crippen molar-refractivity contribution in [2.75, 3.05) is 18.8 Å². The number of nitrogens with two attached hydrogens (primary N) is 1. The van der Waals surface area contributed by atoms with Crippen molar-refractivity contribution in [1.29, 1.82) is 0 Å². The summed E-state index contributed by atoms with van der Waals surface area (Å²) in [4.78, 5) is 0. The molecule has 0 unspecified atom stereocenters. The second kappa shape index (κ2) is 4.84. The van der Waals surface area contributed by atoms with Crippen molar-refractivity contribution in [2.45, 2.75) is 30.7 Å². The molecule has 0 aliphatic heterocycles. The summed E-state index contributed by atoms with van der Waals surface area (Å²) in [6.45, 7) is 5.00. The maximum atomic E-state index is 12.1. The number of nitrogens with zero attached hydrogens (tertiary/aromatic N) is 3. The van der Waals surface area contributed by atoms with Gasteiger partial charge in [0.2, 0.25) is 9.47 Å². The van der Waals surface area contributed by atoms with Crippen LogP contribution in [0.25, 0.3) is 0 Å². The van der Waals surface area contributed by atoms with Crippen LogP contribution in [0.1, 0.15) is 20.8 Å². The topological polar surface area (TPSA) is 109 Å². The van der Waals surface area contributed by atoms with Crippen molar-refractivity contribution >= 4 is 26.5 Å². The van der Waals surface area contributed by atoms with Gasteiger partial charge in [0.1, 0.15) is 0 Å². The molecular weight excluding hydrogens is 264 g/mol. The predicted molar refractivity (Wildman–Crippen MR) is 65.1 cm³/mol. The van der Waals surface area contributed by atoms with E-state index in [1.807, 2.05) is 0 Å². The first-order chi connectivity index (χ1) is 7.66. The van der Waals surface area contributed by atoms with Crippen LogP contribution in [0.3, 0.4) is 0 Å². The van der Waals surface area contributed by atoms with Gasteiger partial charge in [0.15, 0.2) is 0 Å². The minimum atomic E-state index is -3.73. The molecule has 0 saturated carbocycles. The van der Waals surface area contributed by atoms with E-state index < -0.39 is 15.6 Å². The van der Waals surface area contributed by atoms with E-state index in [9.17, 15) is 13.5 Å². The molecule has 17 heavy (non-hydrogen) atoms. The van der Waals surface area contributed by atoms with Gasteiger partial charge >= 0.3 is 0 Å². The number of hydrogen-bond acceptors (Lipinski definition) is 7. The molecule has 0 aliphatic rings. The van der Waals surface area contributed by atoms with Crippen molar-refractivity contribution in [3.8, 4) is 0 Å². The van der Waals surface area contributed by atoms with E-state index in [2.05, 4.69) is 10.2 Å². The first-order valence-corrected chi connectivity index (χ1v) is 7.24. The molecular formula is C8H16N4O3S2. The Hall–Kier alpha value is -0.770. The number of rotatable bonds is 5. The van der Waals surface area contributed by atoms with Gasteiger partial charge in [0, 0.05) is 13.1 Å². The van der Waals surface area contributed by atoms with Crippen molar-refractivity contribution in [3.63, 3.8) is 0 Å². The molecule has 0 atom stereocenters. The fourth-order valence-electron chi connectivity index (χ4n) is 1.23. The van der Waals surface area contributed by atoms with Crippen molar-refractivity contribution < 1.29 is 13.5 Å². The fraction of sp³-hybridized carbons (Fsp3) is 0.750. The number of likely N-dealkylation sites (N-methyl/N-ethyl adjacent to an activating group) is 1. The minimum absolute atomic E-state index is 0.00861. The number of hydrogen-bond donors (Lipinski definition) is 2. The molecule has 0 fully saturated rings. The second-order valence-corrected chi connectivity index (χ2v) is 7.27. The molecule has 0 spiro atoms. The second-order valence-electron chi connectivity index (χ2n) is 4.15. The van der Waals surface area contributed by atoms with E-state index in [4.69, 9.17) is 5.73 Å². The van der Waals surface area contributed by atoms with Crippen molar-refractivity contribution in [2.24, 2.45) is 0 Å². The zero-order valence-electron chi connectivity index (χ0n) is 9.91. The molecule has 3 N–H and O–H groups in total. The van der Waals surface area contributed by atoms with Crippen LogP contribution < -0.4 is 5.73 Å². The van der Waals surface area contributed by atoms with E-state index in [-0.39, 0.29) is 22.6 Å². The SMILES string of the molecule is CCN(CC(C)(C)O)S(=O)(=O)c1nnc(N)s1. The lowest BCUT2D eigenvalue weighted by molar-refractivity contribution is 0.0601. The highest BCUT2D eigenvalue weighted by Crippen LogP contribution is 2.22. The molecule has 0 radical (unpaired) electrons. The van der Waals surface area contributed by atoms with E-state index in [0.717, 1.165) is 15.6 Å². The predicted octanol–water partition coefficient (Wildman–Crippen LogP) is -0.0982. The lowest BCUT2D eigenvalue weighted by Crippen LogP contribution is -2.42. The summed E-state index contributed by atoms with van der Waals surface area (Å²) >= 11 is 0.809. The van der Waals surface area contributed by atoms with E-state index in [1.165, 1.54) is 0 Å².